The van der Waals surface area contributed by atoms with Crippen molar-refractivity contribution in [3.05, 3.63) is 27.9 Å². The number of nitrogens with zero attached hydrogens (tertiary/aromatic N) is 2. The van der Waals surface area contributed by atoms with Crippen LogP contribution >= 0.6 is 0 Å². The lowest BCUT2D eigenvalue weighted by Gasteiger charge is -2.07. The molecule has 1 rings (SSSR count). The molecule has 0 aliphatic rings. The summed E-state index contributed by atoms with van der Waals surface area (Å²) in [6.07, 6.45) is 0.240. The normalized spacial score (nSPS) is 12.2. The third-order valence-corrected chi connectivity index (χ3v) is 2.12. The average molecular weight is 225 g/mol. The van der Waals surface area contributed by atoms with E-state index in [1.807, 2.05) is 0 Å². The molecule has 0 saturated carbocycles. The highest BCUT2D eigenvalue weighted by atomic mass is 16.6. The third-order valence-electron chi connectivity index (χ3n) is 2.12. The highest BCUT2D eigenvalue weighted by Crippen LogP contribution is 2.17. The monoisotopic (exact) mass is 225 g/mol. The lowest BCUT2D eigenvalue weighted by atomic mass is 10.3. The molecular weight excluding hydrogens is 210 g/mol. The van der Waals surface area contributed by atoms with Gasteiger partial charge in [-0.3, -0.25) is 10.1 Å². The van der Waals surface area contributed by atoms with E-state index in [9.17, 15) is 10.1 Å². The number of aliphatic hydroxyl groups is 1. The summed E-state index contributed by atoms with van der Waals surface area (Å²) in [4.78, 5) is 14.1. The number of anilines is 1. The topological polar surface area (TPSA) is 88.3 Å². The number of aromatic nitrogens is 1. The molecule has 0 aliphatic heterocycles. The Morgan fingerprint density at radius 2 is 2.31 bits per heavy atom. The first-order chi connectivity index (χ1) is 7.50. The van der Waals surface area contributed by atoms with E-state index >= 15 is 0 Å². The van der Waals surface area contributed by atoms with Gasteiger partial charge in [0.25, 0.3) is 5.69 Å². The van der Waals surface area contributed by atoms with Gasteiger partial charge in [0.05, 0.1) is 11.0 Å². The summed E-state index contributed by atoms with van der Waals surface area (Å²) in [7, 11) is 0. The summed E-state index contributed by atoms with van der Waals surface area (Å²) in [6, 6.07) is 2.99. The molecule has 6 heteroatoms. The van der Waals surface area contributed by atoms with Crippen molar-refractivity contribution in [2.45, 2.75) is 26.4 Å². The highest BCUT2D eigenvalue weighted by molar-refractivity contribution is 5.44. The van der Waals surface area contributed by atoms with Crippen LogP contribution in [0, 0.1) is 17.0 Å². The second kappa shape index (κ2) is 5.41. The Morgan fingerprint density at radius 3 is 2.81 bits per heavy atom. The van der Waals surface area contributed by atoms with Crippen molar-refractivity contribution in [2.75, 3.05) is 11.9 Å². The van der Waals surface area contributed by atoms with Crippen molar-refractivity contribution in [3.8, 4) is 0 Å². The van der Waals surface area contributed by atoms with Gasteiger partial charge in [-0.2, -0.15) is 0 Å². The molecule has 1 atom stereocenters. The smallest absolute Gasteiger partial charge is 0.290 e. The Bertz CT molecular complexity index is 380. The Balaban J connectivity index is 2.63. The van der Waals surface area contributed by atoms with Crippen LogP contribution in [0.4, 0.5) is 11.5 Å². The summed E-state index contributed by atoms with van der Waals surface area (Å²) < 4.78 is 0. The summed E-state index contributed by atoms with van der Waals surface area (Å²) in [5.41, 5.74) is 0.396. The fourth-order valence-corrected chi connectivity index (χ4v) is 1.25. The van der Waals surface area contributed by atoms with E-state index in [1.165, 1.54) is 6.07 Å². The minimum atomic E-state index is -0.456. The number of pyridine rings is 1. The maximum atomic E-state index is 10.5. The molecule has 0 amide bonds. The molecule has 1 heterocycles. The van der Waals surface area contributed by atoms with Crippen LogP contribution < -0.4 is 5.32 Å². The zero-order chi connectivity index (χ0) is 12.1. The van der Waals surface area contributed by atoms with Crippen molar-refractivity contribution in [1.82, 2.24) is 4.98 Å². The first-order valence-electron chi connectivity index (χ1n) is 5.04. The Labute approximate surface area is 93.5 Å². The predicted molar refractivity (Wildman–Crippen MR) is 60.4 cm³/mol. The zero-order valence-corrected chi connectivity index (χ0v) is 9.30. The molecule has 2 N–H and O–H groups in total. The van der Waals surface area contributed by atoms with Gasteiger partial charge in [0.15, 0.2) is 0 Å². The average Bonchev–Trinajstić information content (AvgIpc) is 2.16. The van der Waals surface area contributed by atoms with Gasteiger partial charge >= 0.3 is 0 Å². The molecule has 0 fully saturated rings. The van der Waals surface area contributed by atoms with Crippen LogP contribution in [0.2, 0.25) is 0 Å². The van der Waals surface area contributed by atoms with E-state index in [0.29, 0.717) is 24.5 Å². The summed E-state index contributed by atoms with van der Waals surface area (Å²) in [5, 5.41) is 22.6. The highest BCUT2D eigenvalue weighted by Gasteiger charge is 2.11. The van der Waals surface area contributed by atoms with Crippen LogP contribution in [0.5, 0.6) is 0 Å². The molecule has 6 nitrogen and oxygen atoms in total. The molecule has 0 aromatic carbocycles. The molecule has 0 radical (unpaired) electrons. The minimum Gasteiger partial charge on any atom is -0.393 e. The van der Waals surface area contributed by atoms with Crippen molar-refractivity contribution >= 4 is 11.5 Å². The molecule has 1 aromatic heterocycles. The van der Waals surface area contributed by atoms with E-state index in [2.05, 4.69) is 10.3 Å². The standard InChI is InChI=1S/C10H15N3O3/c1-7(14)5-6-11-10-4-3-9(13(15)16)8(2)12-10/h3-4,7,14H,5-6H2,1-2H3,(H,11,12). The third kappa shape index (κ3) is 3.47. The number of hydrogen-bond donors (Lipinski definition) is 2. The Morgan fingerprint density at radius 1 is 1.62 bits per heavy atom. The largest absolute Gasteiger partial charge is 0.393 e. The minimum absolute atomic E-state index is 0.0149. The maximum Gasteiger partial charge on any atom is 0.290 e. The van der Waals surface area contributed by atoms with Gasteiger partial charge < -0.3 is 10.4 Å². The van der Waals surface area contributed by atoms with Crippen LogP contribution in [0.1, 0.15) is 19.0 Å². The second-order valence-electron chi connectivity index (χ2n) is 3.62. The van der Waals surface area contributed by atoms with E-state index < -0.39 is 4.92 Å². The molecule has 0 saturated heterocycles. The van der Waals surface area contributed by atoms with Crippen LogP contribution in [-0.2, 0) is 0 Å². The molecule has 88 valence electrons. The number of nitro groups is 1. The fourth-order valence-electron chi connectivity index (χ4n) is 1.25. The number of rotatable bonds is 5. The maximum absolute atomic E-state index is 10.5. The van der Waals surface area contributed by atoms with Crippen molar-refractivity contribution in [3.63, 3.8) is 0 Å². The second-order valence-corrected chi connectivity index (χ2v) is 3.62. The number of aliphatic hydroxyl groups excluding tert-OH is 1. The van der Waals surface area contributed by atoms with Crippen LogP contribution in [0.15, 0.2) is 12.1 Å². The summed E-state index contributed by atoms with van der Waals surface area (Å²) >= 11 is 0. The van der Waals surface area contributed by atoms with Crippen LogP contribution in [-0.4, -0.2) is 27.7 Å². The number of hydrogen-bond acceptors (Lipinski definition) is 5. The Kier molecular flexibility index (Phi) is 4.19. The lowest BCUT2D eigenvalue weighted by Crippen LogP contribution is -2.11. The first-order valence-corrected chi connectivity index (χ1v) is 5.04. The number of nitrogens with one attached hydrogen (secondary N) is 1. The van der Waals surface area contributed by atoms with Crippen molar-refractivity contribution in [2.24, 2.45) is 0 Å². The van der Waals surface area contributed by atoms with Crippen molar-refractivity contribution < 1.29 is 10.0 Å². The molecular formula is C10H15N3O3. The quantitative estimate of drug-likeness (QED) is 0.585. The molecule has 0 aliphatic carbocycles. The van der Waals surface area contributed by atoms with Gasteiger partial charge in [0, 0.05) is 12.6 Å². The van der Waals surface area contributed by atoms with E-state index in [1.54, 1.807) is 19.9 Å². The molecule has 0 bridgehead atoms. The lowest BCUT2D eigenvalue weighted by molar-refractivity contribution is -0.385. The van der Waals surface area contributed by atoms with Gasteiger partial charge in [-0.05, 0) is 26.3 Å². The van der Waals surface area contributed by atoms with Gasteiger partial charge in [-0.15, -0.1) is 0 Å². The number of aryl methyl sites for hydroxylation is 1. The van der Waals surface area contributed by atoms with Crippen LogP contribution in [0.25, 0.3) is 0 Å². The van der Waals surface area contributed by atoms with Gasteiger partial charge in [-0.25, -0.2) is 4.98 Å². The first kappa shape index (κ1) is 12.4. The fraction of sp³-hybridized carbons (Fsp3) is 0.500. The van der Waals surface area contributed by atoms with Crippen molar-refractivity contribution in [1.29, 1.82) is 0 Å². The van der Waals surface area contributed by atoms with E-state index in [4.69, 9.17) is 5.11 Å². The van der Waals surface area contributed by atoms with Gasteiger partial charge in [0.2, 0.25) is 0 Å². The Hall–Kier alpha value is -1.69. The van der Waals surface area contributed by atoms with Gasteiger partial charge in [0.1, 0.15) is 11.5 Å². The van der Waals surface area contributed by atoms with Gasteiger partial charge in [-0.1, -0.05) is 0 Å². The molecule has 1 unspecified atom stereocenters. The van der Waals surface area contributed by atoms with Crippen LogP contribution in [0.3, 0.4) is 0 Å². The predicted octanol–water partition coefficient (Wildman–Crippen LogP) is 1.48. The SMILES string of the molecule is Cc1nc(NCCC(C)O)ccc1[N+](=O)[O-]. The molecule has 1 aromatic rings. The summed E-state index contributed by atoms with van der Waals surface area (Å²) in [6.45, 7) is 3.89. The van der Waals surface area contributed by atoms with E-state index in [-0.39, 0.29) is 11.8 Å². The molecule has 16 heavy (non-hydrogen) atoms. The van der Waals surface area contributed by atoms with E-state index in [0.717, 1.165) is 0 Å². The summed E-state index contributed by atoms with van der Waals surface area (Å²) in [5.74, 6) is 0.587. The zero-order valence-electron chi connectivity index (χ0n) is 9.30. The molecule has 0 spiro atoms.